The predicted molar refractivity (Wildman–Crippen MR) is 313 cm³/mol. The van der Waals surface area contributed by atoms with E-state index in [1.54, 1.807) is 6.08 Å². The van der Waals surface area contributed by atoms with E-state index in [0.29, 0.717) is 6.42 Å². The van der Waals surface area contributed by atoms with Crippen LogP contribution in [0.1, 0.15) is 264 Å². The summed E-state index contributed by atoms with van der Waals surface area (Å²) in [4.78, 5) is 13.0. The average molecular weight is 1040 g/mol. The lowest BCUT2D eigenvalue weighted by Crippen LogP contribution is -2.60. The second-order valence-electron chi connectivity index (χ2n) is 21.1. The van der Waals surface area contributed by atoms with E-state index in [2.05, 4.69) is 92.1 Å². The van der Waals surface area contributed by atoms with Gasteiger partial charge in [0.05, 0.1) is 25.4 Å². The van der Waals surface area contributed by atoms with Crippen molar-refractivity contribution in [3.8, 4) is 0 Å². The largest absolute Gasteiger partial charge is 0.394 e. The first-order valence-electron chi connectivity index (χ1n) is 30.8. The summed E-state index contributed by atoms with van der Waals surface area (Å²) >= 11 is 0. The van der Waals surface area contributed by atoms with Crippen molar-refractivity contribution in [2.24, 2.45) is 0 Å². The number of carbonyl (C=O) groups excluding carboxylic acids is 1. The molecule has 1 aliphatic rings. The zero-order valence-electron chi connectivity index (χ0n) is 47.6. The number of nitrogens with one attached hydrogen (secondary N) is 1. The van der Waals surface area contributed by atoms with Crippen LogP contribution in [0.15, 0.2) is 85.1 Å². The molecule has 1 saturated heterocycles. The molecule has 1 fully saturated rings. The lowest BCUT2D eigenvalue weighted by molar-refractivity contribution is -0.302. The van der Waals surface area contributed by atoms with Crippen LogP contribution in [-0.2, 0) is 14.3 Å². The minimum atomic E-state index is -1.58. The van der Waals surface area contributed by atoms with Crippen LogP contribution < -0.4 is 5.32 Å². The number of unbranched alkanes of at least 4 members (excludes halogenated alkanes) is 30. The Kier molecular flexibility index (Phi) is 50.4. The van der Waals surface area contributed by atoms with E-state index in [-0.39, 0.29) is 18.9 Å². The average Bonchev–Trinajstić information content (AvgIpc) is 3.40. The summed E-state index contributed by atoms with van der Waals surface area (Å²) in [7, 11) is 0. The summed E-state index contributed by atoms with van der Waals surface area (Å²) in [5.41, 5.74) is 0. The second-order valence-corrected chi connectivity index (χ2v) is 21.1. The first kappa shape index (κ1) is 69.4. The molecule has 9 heteroatoms. The van der Waals surface area contributed by atoms with E-state index in [1.807, 2.05) is 6.08 Å². The minimum Gasteiger partial charge on any atom is -0.394 e. The Morgan fingerprint density at radius 3 is 1.24 bits per heavy atom. The van der Waals surface area contributed by atoms with Crippen LogP contribution in [0.4, 0.5) is 0 Å². The van der Waals surface area contributed by atoms with Crippen molar-refractivity contribution >= 4 is 5.91 Å². The highest BCUT2D eigenvalue weighted by Crippen LogP contribution is 2.23. The summed E-state index contributed by atoms with van der Waals surface area (Å²) in [5, 5.41) is 54.6. The van der Waals surface area contributed by atoms with Gasteiger partial charge in [0.15, 0.2) is 6.29 Å². The smallest absolute Gasteiger partial charge is 0.220 e. The zero-order chi connectivity index (χ0) is 53.6. The number of hydrogen-bond donors (Lipinski definition) is 6. The first-order chi connectivity index (χ1) is 36.3. The third-order valence-corrected chi connectivity index (χ3v) is 14.2. The van der Waals surface area contributed by atoms with Crippen LogP contribution in [-0.4, -0.2) is 87.5 Å². The number of ether oxygens (including phenoxy) is 2. The van der Waals surface area contributed by atoms with Gasteiger partial charge in [-0.1, -0.05) is 272 Å². The van der Waals surface area contributed by atoms with E-state index >= 15 is 0 Å². The number of amides is 1. The standard InChI is InChI=1S/C65H115NO8/c1-3-5-7-9-11-13-15-17-19-21-23-25-26-27-28-29-30-31-32-33-35-36-38-40-42-44-46-48-50-52-54-59(68)58(57-73-65-64(72)63(71)62(70)60(56-67)74-65)66-61(69)55-53-51-49-47-45-43-41-39-37-34-24-22-20-18-16-14-12-10-8-6-4-2/h6,8,12,14,18,20,24,34,39,41,45,47,52,54,58-60,62-65,67-68,70-72H,3-5,7,9-11,13,15-17,19,21-23,25-33,35-38,40,42-44,46,48-51,53,55-57H2,1-2H3,(H,66,69)/b8-6-,14-12-,20-18-,34-24-,41-39-,47-45-,54-52+. The van der Waals surface area contributed by atoms with Gasteiger partial charge in [0, 0.05) is 6.42 Å². The van der Waals surface area contributed by atoms with E-state index in [0.717, 1.165) is 70.6 Å². The molecule has 0 spiro atoms. The molecule has 0 aromatic rings. The molecule has 74 heavy (non-hydrogen) atoms. The fourth-order valence-corrected chi connectivity index (χ4v) is 9.40. The lowest BCUT2D eigenvalue weighted by Gasteiger charge is -2.40. The summed E-state index contributed by atoms with van der Waals surface area (Å²) < 4.78 is 11.3. The second kappa shape index (κ2) is 53.8. The molecule has 9 nitrogen and oxygen atoms in total. The molecular weight excluding hydrogens is 923 g/mol. The molecule has 6 N–H and O–H groups in total. The summed E-state index contributed by atoms with van der Waals surface area (Å²) in [6, 6.07) is -0.835. The SMILES string of the molecule is CC/C=C\C/C=C\C/C=C\C/C=C\C/C=C\C/C=C\CCCCC(=O)NC(COC1OC(CO)C(O)C(O)C1O)C(O)/C=C/CCCCCCCCCCCCCCCCCCCCCCCCCCCCCC. The Bertz CT molecular complexity index is 1440. The Labute approximate surface area is 454 Å². The highest BCUT2D eigenvalue weighted by atomic mass is 16.7. The van der Waals surface area contributed by atoms with Crippen molar-refractivity contribution in [2.75, 3.05) is 13.2 Å². The van der Waals surface area contributed by atoms with Crippen molar-refractivity contribution < 1.29 is 39.8 Å². The Morgan fingerprint density at radius 2 is 0.838 bits per heavy atom. The van der Waals surface area contributed by atoms with Gasteiger partial charge in [-0.3, -0.25) is 4.79 Å². The van der Waals surface area contributed by atoms with Crippen LogP contribution in [0, 0.1) is 0 Å². The van der Waals surface area contributed by atoms with Crippen LogP contribution in [0.5, 0.6) is 0 Å². The quantitative estimate of drug-likeness (QED) is 0.0261. The van der Waals surface area contributed by atoms with E-state index in [9.17, 15) is 30.3 Å². The zero-order valence-corrected chi connectivity index (χ0v) is 47.6. The normalized spacial score (nSPS) is 19.6. The van der Waals surface area contributed by atoms with Gasteiger partial charge < -0.3 is 40.3 Å². The van der Waals surface area contributed by atoms with Crippen molar-refractivity contribution in [3.05, 3.63) is 85.1 Å². The summed E-state index contributed by atoms with van der Waals surface area (Å²) in [6.45, 7) is 3.66. The number of aliphatic hydroxyl groups excluding tert-OH is 5. The van der Waals surface area contributed by atoms with Gasteiger partial charge in [0.25, 0.3) is 0 Å². The number of rotatable bonds is 52. The van der Waals surface area contributed by atoms with Crippen LogP contribution in [0.3, 0.4) is 0 Å². The van der Waals surface area contributed by atoms with Crippen LogP contribution in [0.25, 0.3) is 0 Å². The molecule has 0 aliphatic carbocycles. The highest BCUT2D eigenvalue weighted by molar-refractivity contribution is 5.76. The molecule has 0 aromatic carbocycles. The minimum absolute atomic E-state index is 0.210. The maximum atomic E-state index is 13.0. The van der Waals surface area contributed by atoms with E-state index < -0.39 is 49.5 Å². The number of aliphatic hydroxyl groups is 5. The molecular formula is C65H115NO8. The molecule has 0 aromatic heterocycles. The molecule has 7 atom stereocenters. The van der Waals surface area contributed by atoms with Gasteiger partial charge in [-0.15, -0.1) is 0 Å². The summed E-state index contributed by atoms with van der Waals surface area (Å²) in [5.74, 6) is -0.219. The number of carbonyl (C=O) groups is 1. The number of hydrogen-bond acceptors (Lipinski definition) is 8. The third-order valence-electron chi connectivity index (χ3n) is 14.2. The molecule has 1 aliphatic heterocycles. The molecule has 1 rings (SSSR count). The van der Waals surface area contributed by atoms with Crippen LogP contribution in [0.2, 0.25) is 0 Å². The first-order valence-corrected chi connectivity index (χ1v) is 30.8. The molecule has 7 unspecified atom stereocenters. The molecule has 0 radical (unpaired) electrons. The molecule has 1 heterocycles. The third kappa shape index (κ3) is 42.5. The van der Waals surface area contributed by atoms with E-state index in [1.165, 1.54) is 167 Å². The van der Waals surface area contributed by atoms with E-state index in [4.69, 9.17) is 9.47 Å². The highest BCUT2D eigenvalue weighted by Gasteiger charge is 2.44. The maximum Gasteiger partial charge on any atom is 0.220 e. The topological polar surface area (TPSA) is 149 Å². The van der Waals surface area contributed by atoms with Gasteiger partial charge in [-0.2, -0.15) is 0 Å². The van der Waals surface area contributed by atoms with Crippen molar-refractivity contribution in [1.29, 1.82) is 0 Å². The molecule has 1 amide bonds. The fourth-order valence-electron chi connectivity index (χ4n) is 9.40. The van der Waals surface area contributed by atoms with Gasteiger partial charge in [-0.25, -0.2) is 0 Å². The number of allylic oxidation sites excluding steroid dienone is 13. The summed E-state index contributed by atoms with van der Waals surface area (Å²) in [6.07, 6.45) is 69.5. The van der Waals surface area contributed by atoms with Crippen molar-refractivity contribution in [2.45, 2.75) is 307 Å². The molecule has 0 bridgehead atoms. The van der Waals surface area contributed by atoms with Gasteiger partial charge in [0.1, 0.15) is 24.4 Å². The van der Waals surface area contributed by atoms with Crippen molar-refractivity contribution in [1.82, 2.24) is 5.32 Å². The Hall–Kier alpha value is -2.63. The Balaban J connectivity index is 2.22. The fraction of sp³-hybridized carbons (Fsp3) is 0.769. The van der Waals surface area contributed by atoms with Gasteiger partial charge in [0.2, 0.25) is 5.91 Å². The predicted octanol–water partition coefficient (Wildman–Crippen LogP) is 15.8. The monoisotopic (exact) mass is 1040 g/mol. The van der Waals surface area contributed by atoms with Gasteiger partial charge in [-0.05, 0) is 70.6 Å². The lowest BCUT2D eigenvalue weighted by atomic mass is 9.99. The molecule has 0 saturated carbocycles. The Morgan fingerprint density at radius 1 is 0.473 bits per heavy atom. The van der Waals surface area contributed by atoms with Gasteiger partial charge >= 0.3 is 0 Å². The molecule has 428 valence electrons. The maximum absolute atomic E-state index is 13.0. The van der Waals surface area contributed by atoms with Crippen LogP contribution >= 0.6 is 0 Å². The van der Waals surface area contributed by atoms with Crippen molar-refractivity contribution in [3.63, 3.8) is 0 Å².